The lowest BCUT2D eigenvalue weighted by atomic mass is 9.97. The number of aromatic amines is 1. The van der Waals surface area contributed by atoms with Gasteiger partial charge in [-0.15, -0.1) is 0 Å². The lowest BCUT2D eigenvalue weighted by molar-refractivity contribution is 0.174. The van der Waals surface area contributed by atoms with E-state index in [1.165, 1.54) is 0 Å². The van der Waals surface area contributed by atoms with Crippen LogP contribution in [0.5, 0.6) is 11.5 Å². The normalized spacial score (nSPS) is 16.2. The molecular weight excluding hydrogens is 547 g/mol. The monoisotopic (exact) mass is 570 g/mol. The van der Waals surface area contributed by atoms with Crippen LogP contribution in [-0.4, -0.2) is 47.6 Å². The number of imidazole rings is 1. The number of hydrogen-bond acceptors (Lipinski definition) is 6. The Morgan fingerprint density at radius 1 is 0.974 bits per heavy atom. The second kappa shape index (κ2) is 10.2. The lowest BCUT2D eigenvalue weighted by Crippen LogP contribution is -2.38. The van der Waals surface area contributed by atoms with E-state index in [4.69, 9.17) is 37.7 Å². The van der Waals surface area contributed by atoms with Gasteiger partial charge in [0.15, 0.2) is 11.5 Å². The van der Waals surface area contributed by atoms with E-state index in [1.54, 1.807) is 28.7 Å². The molecule has 0 unspecified atom stereocenters. The first-order valence-corrected chi connectivity index (χ1v) is 14.6. The van der Waals surface area contributed by atoms with Crippen LogP contribution in [0.25, 0.3) is 22.6 Å². The Morgan fingerprint density at radius 2 is 1.79 bits per heavy atom. The predicted molar refractivity (Wildman–Crippen MR) is 146 cm³/mol. The number of H-pyrrole nitrogens is 1. The Bertz CT molecular complexity index is 1590. The van der Waals surface area contributed by atoms with E-state index < -0.39 is 10.0 Å². The van der Waals surface area contributed by atoms with Crippen LogP contribution in [0, 0.1) is 0 Å². The Labute approximate surface area is 230 Å². The summed E-state index contributed by atoms with van der Waals surface area (Å²) in [6.07, 6.45) is 3.04. The van der Waals surface area contributed by atoms with Crippen LogP contribution in [-0.2, 0) is 15.8 Å². The third kappa shape index (κ3) is 4.99. The first-order chi connectivity index (χ1) is 18.4. The molecule has 6 rings (SSSR count). The van der Waals surface area contributed by atoms with Crippen LogP contribution in [0.15, 0.2) is 60.8 Å². The third-order valence-corrected chi connectivity index (χ3v) is 9.45. The average Bonchev–Trinajstić information content (AvgIpc) is 3.58. The van der Waals surface area contributed by atoms with Gasteiger partial charge in [0, 0.05) is 30.8 Å². The van der Waals surface area contributed by atoms with Crippen molar-refractivity contribution < 1.29 is 17.9 Å². The van der Waals surface area contributed by atoms with Crippen molar-refractivity contribution in [1.82, 2.24) is 19.3 Å². The molecule has 0 radical (unpaired) electrons. The molecule has 1 saturated heterocycles. The molecule has 0 amide bonds. The van der Waals surface area contributed by atoms with Crippen LogP contribution in [0.1, 0.15) is 30.1 Å². The number of benzene rings is 2. The van der Waals surface area contributed by atoms with Gasteiger partial charge in [0.2, 0.25) is 16.8 Å². The molecule has 0 bridgehead atoms. The molecular formula is C27H24Cl2N4O4S. The first-order valence-electron chi connectivity index (χ1n) is 12.2. The molecule has 196 valence electrons. The highest BCUT2D eigenvalue weighted by Crippen LogP contribution is 2.39. The highest BCUT2D eigenvalue weighted by molar-refractivity contribution is 7.88. The minimum absolute atomic E-state index is 0.0802. The summed E-state index contributed by atoms with van der Waals surface area (Å²) in [6, 6.07) is 16.4. The fraction of sp³-hybridized carbons (Fsp3) is 0.259. The summed E-state index contributed by atoms with van der Waals surface area (Å²) >= 11 is 12.1. The Morgan fingerprint density at radius 3 is 2.55 bits per heavy atom. The molecule has 0 saturated carbocycles. The fourth-order valence-corrected chi connectivity index (χ4v) is 6.74. The number of pyridine rings is 1. The molecule has 0 spiro atoms. The summed E-state index contributed by atoms with van der Waals surface area (Å²) in [6.45, 7) is 1.02. The van der Waals surface area contributed by atoms with Gasteiger partial charge in [-0.3, -0.25) is 4.98 Å². The second-order valence-corrected chi connectivity index (χ2v) is 12.1. The van der Waals surface area contributed by atoms with Crippen molar-refractivity contribution in [2.24, 2.45) is 0 Å². The SMILES string of the molecule is O=S(=O)(Cc1ccc(Cl)c(Cl)c1)N1CCC(c2nc(-c3ccc4c(c3)OCO4)c(-c3ccccn3)[nH]2)CC1. The number of hydrogen-bond donors (Lipinski definition) is 1. The number of sulfonamides is 1. The van der Waals surface area contributed by atoms with E-state index in [1.807, 2.05) is 36.4 Å². The van der Waals surface area contributed by atoms with Crippen LogP contribution >= 0.6 is 23.2 Å². The van der Waals surface area contributed by atoms with E-state index in [2.05, 4.69) is 9.97 Å². The molecule has 2 aromatic heterocycles. The maximum atomic E-state index is 13.1. The molecule has 38 heavy (non-hydrogen) atoms. The largest absolute Gasteiger partial charge is 0.454 e. The lowest BCUT2D eigenvalue weighted by Gasteiger charge is -2.30. The molecule has 2 aliphatic heterocycles. The minimum atomic E-state index is -3.50. The minimum Gasteiger partial charge on any atom is -0.454 e. The molecule has 2 aromatic carbocycles. The van der Waals surface area contributed by atoms with Gasteiger partial charge in [-0.25, -0.2) is 17.7 Å². The van der Waals surface area contributed by atoms with Crippen molar-refractivity contribution >= 4 is 33.2 Å². The molecule has 0 aliphatic carbocycles. The van der Waals surface area contributed by atoms with E-state index in [0.717, 1.165) is 28.5 Å². The molecule has 1 fully saturated rings. The van der Waals surface area contributed by atoms with Gasteiger partial charge in [0.05, 0.1) is 32.9 Å². The number of aromatic nitrogens is 3. The fourth-order valence-electron chi connectivity index (χ4n) is 4.87. The summed E-state index contributed by atoms with van der Waals surface area (Å²) in [5, 5.41) is 0.745. The van der Waals surface area contributed by atoms with E-state index in [9.17, 15) is 8.42 Å². The average molecular weight is 571 g/mol. The zero-order chi connectivity index (χ0) is 26.3. The van der Waals surface area contributed by atoms with Gasteiger partial charge in [0.25, 0.3) is 0 Å². The maximum Gasteiger partial charge on any atom is 0.231 e. The van der Waals surface area contributed by atoms with Crippen molar-refractivity contribution in [2.45, 2.75) is 24.5 Å². The van der Waals surface area contributed by atoms with Crippen molar-refractivity contribution in [3.63, 3.8) is 0 Å². The molecule has 8 nitrogen and oxygen atoms in total. The Balaban J connectivity index is 1.23. The van der Waals surface area contributed by atoms with E-state index in [-0.39, 0.29) is 18.5 Å². The van der Waals surface area contributed by atoms with Crippen LogP contribution in [0.2, 0.25) is 10.0 Å². The molecule has 4 heterocycles. The summed E-state index contributed by atoms with van der Waals surface area (Å²) in [5.41, 5.74) is 3.86. The van der Waals surface area contributed by atoms with Crippen LogP contribution in [0.3, 0.4) is 0 Å². The predicted octanol–water partition coefficient (Wildman–Crippen LogP) is 5.88. The van der Waals surface area contributed by atoms with Gasteiger partial charge in [0.1, 0.15) is 5.82 Å². The number of fused-ring (bicyclic) bond motifs is 1. The standard InChI is InChI=1S/C27H24Cl2N4O4S/c28-20-6-4-17(13-21(20)29)15-38(34,35)33-11-8-18(9-12-33)27-31-25(26(32-27)22-3-1-2-10-30-22)19-5-7-23-24(14-19)37-16-36-23/h1-7,10,13-14,18H,8-9,11-12,15-16H2,(H,31,32). The van der Waals surface area contributed by atoms with Crippen LogP contribution < -0.4 is 9.47 Å². The zero-order valence-corrected chi connectivity index (χ0v) is 22.6. The van der Waals surface area contributed by atoms with Crippen molar-refractivity contribution in [2.75, 3.05) is 19.9 Å². The highest BCUT2D eigenvalue weighted by atomic mass is 35.5. The van der Waals surface area contributed by atoms with Gasteiger partial charge < -0.3 is 14.5 Å². The second-order valence-electron chi connectivity index (χ2n) is 9.31. The van der Waals surface area contributed by atoms with Gasteiger partial charge >= 0.3 is 0 Å². The Hall–Kier alpha value is -3.11. The molecule has 11 heteroatoms. The molecule has 4 aromatic rings. The number of rotatable bonds is 6. The number of nitrogens with one attached hydrogen (secondary N) is 1. The van der Waals surface area contributed by atoms with Gasteiger partial charge in [-0.2, -0.15) is 0 Å². The third-order valence-electron chi connectivity index (χ3n) is 6.86. The molecule has 2 aliphatic rings. The first kappa shape index (κ1) is 25.2. The van der Waals surface area contributed by atoms with Crippen molar-refractivity contribution in [3.8, 4) is 34.1 Å². The van der Waals surface area contributed by atoms with Crippen LogP contribution in [0.4, 0.5) is 0 Å². The Kier molecular flexibility index (Phi) is 6.77. The maximum absolute atomic E-state index is 13.1. The van der Waals surface area contributed by atoms with E-state index >= 15 is 0 Å². The highest BCUT2D eigenvalue weighted by Gasteiger charge is 2.31. The zero-order valence-electron chi connectivity index (χ0n) is 20.2. The van der Waals surface area contributed by atoms with Gasteiger partial charge in [-0.05, 0) is 60.9 Å². The van der Waals surface area contributed by atoms with Crippen molar-refractivity contribution in [3.05, 3.63) is 82.2 Å². The number of nitrogens with zero attached hydrogens (tertiary/aromatic N) is 3. The smallest absolute Gasteiger partial charge is 0.231 e. The number of halogens is 2. The van der Waals surface area contributed by atoms with Crippen molar-refractivity contribution in [1.29, 1.82) is 0 Å². The summed E-state index contributed by atoms with van der Waals surface area (Å²) in [5.74, 6) is 2.17. The molecule has 0 atom stereocenters. The molecule has 1 N–H and O–H groups in total. The quantitative estimate of drug-likeness (QED) is 0.310. The number of ether oxygens (including phenoxy) is 2. The number of piperidine rings is 1. The summed E-state index contributed by atoms with van der Waals surface area (Å²) in [4.78, 5) is 13.0. The summed E-state index contributed by atoms with van der Waals surface area (Å²) < 4.78 is 38.8. The van der Waals surface area contributed by atoms with Gasteiger partial charge in [-0.1, -0.05) is 35.3 Å². The topological polar surface area (TPSA) is 97.4 Å². The van der Waals surface area contributed by atoms with E-state index in [0.29, 0.717) is 53.0 Å². The summed E-state index contributed by atoms with van der Waals surface area (Å²) in [7, 11) is -3.50.